The summed E-state index contributed by atoms with van der Waals surface area (Å²) in [7, 11) is 0. The average Bonchev–Trinajstić information content (AvgIpc) is 2.75. The van der Waals surface area contributed by atoms with Gasteiger partial charge in [0.1, 0.15) is 5.82 Å². The molecule has 4 nitrogen and oxygen atoms in total. The van der Waals surface area contributed by atoms with E-state index in [2.05, 4.69) is 5.32 Å². The van der Waals surface area contributed by atoms with Gasteiger partial charge in [-0.25, -0.2) is 9.18 Å². The number of fused-ring (bicyclic) bond motifs is 1. The number of nitrogens with one attached hydrogen (secondary N) is 1. The maximum Gasteiger partial charge on any atom is 0.490 e. The molecule has 1 fully saturated rings. The number of carbonyl (C=O) groups is 1. The van der Waals surface area contributed by atoms with Gasteiger partial charge in [0.2, 0.25) is 0 Å². The summed E-state index contributed by atoms with van der Waals surface area (Å²) in [6.07, 6.45) is -8.47. The molecule has 138 valence electrons. The molecule has 3 rings (SSSR count). The Balaban J connectivity index is 0.000000277. The number of nitrogens with zero attached hydrogens (tertiary/aromatic N) is 1. The first-order chi connectivity index (χ1) is 11.4. The minimum Gasteiger partial charge on any atom is -0.475 e. The first-order valence-corrected chi connectivity index (χ1v) is 6.79. The monoisotopic (exact) mass is 372 g/mol. The summed E-state index contributed by atoms with van der Waals surface area (Å²) in [6, 6.07) is 3.54. The van der Waals surface area contributed by atoms with E-state index >= 15 is 0 Å². The Morgan fingerprint density at radius 2 is 1.72 bits per heavy atom. The van der Waals surface area contributed by atoms with E-state index in [1.807, 2.05) is 0 Å². The van der Waals surface area contributed by atoms with E-state index in [0.717, 1.165) is 12.3 Å². The van der Waals surface area contributed by atoms with E-state index in [9.17, 15) is 30.7 Å². The quantitative estimate of drug-likeness (QED) is 0.753. The van der Waals surface area contributed by atoms with Gasteiger partial charge in [0.15, 0.2) is 0 Å². The first-order valence-electron chi connectivity index (χ1n) is 6.79. The molecule has 0 aliphatic carbocycles. The summed E-state index contributed by atoms with van der Waals surface area (Å²) < 4.78 is 85.1. The molecule has 0 atom stereocenters. The van der Waals surface area contributed by atoms with Crippen molar-refractivity contribution in [1.82, 2.24) is 9.88 Å². The lowest BCUT2D eigenvalue weighted by Gasteiger charge is -2.29. The number of carboxylic acid groups (broad SMARTS) is 1. The Hall–Kier alpha value is -2.30. The van der Waals surface area contributed by atoms with Crippen LogP contribution in [0.15, 0.2) is 24.4 Å². The lowest BCUT2D eigenvalue weighted by molar-refractivity contribution is -0.192. The number of alkyl halides is 6. The Morgan fingerprint density at radius 3 is 2.12 bits per heavy atom. The number of aliphatic carboxylic acids is 1. The van der Waals surface area contributed by atoms with Crippen molar-refractivity contribution in [2.24, 2.45) is 0 Å². The Kier molecular flexibility index (Phi) is 4.98. The van der Waals surface area contributed by atoms with Crippen molar-refractivity contribution >= 4 is 16.9 Å². The van der Waals surface area contributed by atoms with E-state index in [1.54, 1.807) is 4.57 Å². The molecule has 1 aromatic heterocycles. The maximum atomic E-state index is 13.1. The van der Waals surface area contributed by atoms with Gasteiger partial charge in [0.05, 0.1) is 11.6 Å². The van der Waals surface area contributed by atoms with Crippen molar-refractivity contribution < 1.29 is 40.6 Å². The summed E-state index contributed by atoms with van der Waals surface area (Å²) in [5, 5.41) is 10.1. The van der Waals surface area contributed by atoms with Crippen molar-refractivity contribution in [3.8, 4) is 0 Å². The topological polar surface area (TPSA) is 54.3 Å². The Bertz CT molecular complexity index is 776. The van der Waals surface area contributed by atoms with Crippen LogP contribution in [0.4, 0.5) is 30.7 Å². The average molecular weight is 372 g/mol. The third kappa shape index (κ3) is 4.21. The van der Waals surface area contributed by atoms with Gasteiger partial charge in [0, 0.05) is 30.2 Å². The van der Waals surface area contributed by atoms with Crippen LogP contribution >= 0.6 is 0 Å². The summed E-state index contributed by atoms with van der Waals surface area (Å²) in [6.45, 7) is 1.27. The van der Waals surface area contributed by atoms with Crippen LogP contribution in [0.3, 0.4) is 0 Å². The van der Waals surface area contributed by atoms with Gasteiger partial charge in [-0.1, -0.05) is 0 Å². The van der Waals surface area contributed by atoms with Crippen LogP contribution in [-0.4, -0.2) is 34.9 Å². The second-order valence-electron chi connectivity index (χ2n) is 5.22. The molecule has 2 N–H and O–H groups in total. The molecule has 0 bridgehead atoms. The normalized spacial score (nSPS) is 15.5. The highest BCUT2D eigenvalue weighted by molar-refractivity contribution is 5.84. The van der Waals surface area contributed by atoms with Crippen LogP contribution in [0.25, 0.3) is 10.9 Å². The number of hydrogen-bond donors (Lipinski definition) is 2. The van der Waals surface area contributed by atoms with Gasteiger partial charge in [-0.05, 0) is 18.2 Å². The number of halogens is 7. The molecule has 2 heterocycles. The summed E-state index contributed by atoms with van der Waals surface area (Å²) in [5.41, 5.74) is -0.348. The van der Waals surface area contributed by atoms with Crippen LogP contribution in [0, 0.1) is 5.82 Å². The van der Waals surface area contributed by atoms with Gasteiger partial charge < -0.3 is 15.0 Å². The molecular weight excluding hydrogens is 361 g/mol. The summed E-state index contributed by atoms with van der Waals surface area (Å²) >= 11 is 0. The molecule has 1 saturated heterocycles. The van der Waals surface area contributed by atoms with Crippen LogP contribution in [0.1, 0.15) is 11.6 Å². The number of aromatic nitrogens is 1. The summed E-state index contributed by atoms with van der Waals surface area (Å²) in [4.78, 5) is 8.90. The number of carboxylic acids is 1. The van der Waals surface area contributed by atoms with Crippen molar-refractivity contribution in [2.45, 2.75) is 18.4 Å². The second-order valence-corrected chi connectivity index (χ2v) is 5.22. The SMILES string of the molecule is Fc1ccc2c(c1)c(C(F)(F)F)cn2C1CNC1.O=C(O)C(F)(F)F. The third-order valence-corrected chi connectivity index (χ3v) is 3.50. The molecule has 2 aromatic rings. The summed E-state index contributed by atoms with van der Waals surface area (Å²) in [5.74, 6) is -3.41. The lowest BCUT2D eigenvalue weighted by Crippen LogP contribution is -2.43. The van der Waals surface area contributed by atoms with Gasteiger partial charge >= 0.3 is 18.3 Å². The van der Waals surface area contributed by atoms with Gasteiger partial charge in [-0.3, -0.25) is 0 Å². The number of hydrogen-bond acceptors (Lipinski definition) is 2. The van der Waals surface area contributed by atoms with Gasteiger partial charge in [0.25, 0.3) is 0 Å². The van der Waals surface area contributed by atoms with Gasteiger partial charge in [-0.15, -0.1) is 0 Å². The molecule has 0 saturated carbocycles. The highest BCUT2D eigenvalue weighted by Gasteiger charge is 2.38. The molecule has 0 unspecified atom stereocenters. The highest BCUT2D eigenvalue weighted by Crippen LogP contribution is 2.37. The molecule has 25 heavy (non-hydrogen) atoms. The van der Waals surface area contributed by atoms with E-state index in [4.69, 9.17) is 9.90 Å². The standard InChI is InChI=1S/C12H10F4N2.C2HF3O2/c13-7-1-2-11-9(3-7)10(12(14,15)16)6-18(11)8-4-17-5-8;3-2(4,5)1(6)7/h1-3,6,8,17H,4-5H2;(H,6,7). The van der Waals surface area contributed by atoms with E-state index in [1.165, 1.54) is 12.1 Å². The zero-order chi connectivity index (χ0) is 19.0. The van der Waals surface area contributed by atoms with Crippen LogP contribution in [0.2, 0.25) is 0 Å². The minimum absolute atomic E-state index is 0.00839. The first kappa shape index (κ1) is 19.0. The molecule has 1 aliphatic rings. The lowest BCUT2D eigenvalue weighted by atomic mass is 10.1. The van der Waals surface area contributed by atoms with E-state index in [0.29, 0.717) is 18.6 Å². The third-order valence-electron chi connectivity index (χ3n) is 3.50. The fourth-order valence-corrected chi connectivity index (χ4v) is 2.23. The van der Waals surface area contributed by atoms with Gasteiger partial charge in [-0.2, -0.15) is 26.3 Å². The van der Waals surface area contributed by atoms with Crippen molar-refractivity contribution in [3.05, 3.63) is 35.8 Å². The second kappa shape index (κ2) is 6.54. The smallest absolute Gasteiger partial charge is 0.475 e. The molecule has 0 spiro atoms. The molecule has 1 aromatic carbocycles. The number of benzene rings is 1. The van der Waals surface area contributed by atoms with E-state index in [-0.39, 0.29) is 11.4 Å². The van der Waals surface area contributed by atoms with Crippen LogP contribution < -0.4 is 5.32 Å². The van der Waals surface area contributed by atoms with E-state index < -0.39 is 29.7 Å². The Morgan fingerprint density at radius 1 is 1.16 bits per heavy atom. The predicted molar refractivity (Wildman–Crippen MR) is 72.5 cm³/mol. The maximum absolute atomic E-state index is 13.1. The Labute approximate surface area is 135 Å². The number of rotatable bonds is 1. The fourth-order valence-electron chi connectivity index (χ4n) is 2.23. The largest absolute Gasteiger partial charge is 0.490 e. The van der Waals surface area contributed by atoms with Crippen molar-refractivity contribution in [2.75, 3.05) is 13.1 Å². The van der Waals surface area contributed by atoms with Crippen molar-refractivity contribution in [3.63, 3.8) is 0 Å². The van der Waals surface area contributed by atoms with Crippen LogP contribution in [0.5, 0.6) is 0 Å². The zero-order valence-electron chi connectivity index (χ0n) is 12.2. The molecular formula is C14H11F7N2O2. The van der Waals surface area contributed by atoms with Crippen molar-refractivity contribution in [1.29, 1.82) is 0 Å². The zero-order valence-corrected chi connectivity index (χ0v) is 12.2. The molecule has 1 aliphatic heterocycles. The minimum atomic E-state index is -5.08. The predicted octanol–water partition coefficient (Wildman–Crippen LogP) is 3.58. The molecule has 11 heteroatoms. The molecule has 0 radical (unpaired) electrons. The van der Waals surface area contributed by atoms with Crippen LogP contribution in [-0.2, 0) is 11.0 Å². The highest BCUT2D eigenvalue weighted by atomic mass is 19.4. The molecule has 0 amide bonds. The fraction of sp³-hybridized carbons (Fsp3) is 0.357.